The van der Waals surface area contributed by atoms with Crippen molar-refractivity contribution in [1.82, 2.24) is 4.90 Å². The van der Waals surface area contributed by atoms with Crippen molar-refractivity contribution >= 4 is 11.8 Å². The summed E-state index contributed by atoms with van der Waals surface area (Å²) < 4.78 is 5.48. The van der Waals surface area contributed by atoms with Crippen LogP contribution in [0.25, 0.3) is 0 Å². The number of aliphatic hydroxyl groups is 1. The first kappa shape index (κ1) is 17.1. The van der Waals surface area contributed by atoms with Gasteiger partial charge in [0, 0.05) is 42.6 Å². The Morgan fingerprint density at radius 1 is 1.04 bits per heavy atom. The Morgan fingerprint density at radius 3 is 2.56 bits per heavy atom. The van der Waals surface area contributed by atoms with E-state index < -0.39 is 5.60 Å². The smallest absolute Gasteiger partial charge is 0.0995 e. The molecule has 0 amide bonds. The Labute approximate surface area is 154 Å². The van der Waals surface area contributed by atoms with E-state index >= 15 is 0 Å². The molecule has 0 aliphatic carbocycles. The molecule has 132 valence electrons. The first-order valence-electron chi connectivity index (χ1n) is 9.04. The third kappa shape index (κ3) is 3.63. The standard InChI is InChI=1S/C21H25NO2S/c23-21(14-17-6-2-1-3-7-17)18(15-22-10-12-24-13-11-22)16-25-20-9-5-4-8-19(20)21/h1-9,18,23H,10-16H2. The van der Waals surface area contributed by atoms with Gasteiger partial charge in [-0.1, -0.05) is 48.5 Å². The topological polar surface area (TPSA) is 32.7 Å². The molecule has 3 nitrogen and oxygen atoms in total. The summed E-state index contributed by atoms with van der Waals surface area (Å²) in [6, 6.07) is 18.7. The highest BCUT2D eigenvalue weighted by Crippen LogP contribution is 2.45. The Hall–Kier alpha value is -1.33. The minimum Gasteiger partial charge on any atom is -0.384 e. The zero-order chi connectivity index (χ0) is 17.1. The number of rotatable bonds is 4. The Kier molecular flexibility index (Phi) is 5.13. The quantitative estimate of drug-likeness (QED) is 0.913. The van der Waals surface area contributed by atoms with Gasteiger partial charge in [0.05, 0.1) is 18.8 Å². The van der Waals surface area contributed by atoms with Crippen LogP contribution in [0.15, 0.2) is 59.5 Å². The van der Waals surface area contributed by atoms with Crippen LogP contribution in [0.5, 0.6) is 0 Å². The fourth-order valence-corrected chi connectivity index (χ4v) is 5.28. The van der Waals surface area contributed by atoms with E-state index in [4.69, 9.17) is 4.74 Å². The van der Waals surface area contributed by atoms with Crippen molar-refractivity contribution in [1.29, 1.82) is 0 Å². The van der Waals surface area contributed by atoms with Gasteiger partial charge in [0.1, 0.15) is 0 Å². The van der Waals surface area contributed by atoms with Gasteiger partial charge < -0.3 is 9.84 Å². The van der Waals surface area contributed by atoms with Crippen LogP contribution in [0.2, 0.25) is 0 Å². The van der Waals surface area contributed by atoms with Gasteiger partial charge in [-0.2, -0.15) is 0 Å². The van der Waals surface area contributed by atoms with Crippen molar-refractivity contribution in [3.63, 3.8) is 0 Å². The van der Waals surface area contributed by atoms with E-state index in [2.05, 4.69) is 47.4 Å². The maximum atomic E-state index is 11.9. The van der Waals surface area contributed by atoms with Crippen molar-refractivity contribution < 1.29 is 9.84 Å². The monoisotopic (exact) mass is 355 g/mol. The zero-order valence-corrected chi connectivity index (χ0v) is 15.3. The molecule has 4 heteroatoms. The molecule has 2 heterocycles. The number of nitrogens with zero attached hydrogens (tertiary/aromatic N) is 1. The third-order valence-electron chi connectivity index (χ3n) is 5.37. The lowest BCUT2D eigenvalue weighted by molar-refractivity contribution is -0.0454. The summed E-state index contributed by atoms with van der Waals surface area (Å²) in [4.78, 5) is 3.66. The molecular formula is C21H25NO2S. The number of thioether (sulfide) groups is 1. The van der Waals surface area contributed by atoms with Crippen LogP contribution >= 0.6 is 11.8 Å². The van der Waals surface area contributed by atoms with Gasteiger partial charge in [-0.15, -0.1) is 11.8 Å². The summed E-state index contributed by atoms with van der Waals surface area (Å²) >= 11 is 1.88. The lowest BCUT2D eigenvalue weighted by Gasteiger charge is -2.44. The van der Waals surface area contributed by atoms with Crippen LogP contribution in [0.1, 0.15) is 11.1 Å². The van der Waals surface area contributed by atoms with Gasteiger partial charge in [-0.3, -0.25) is 4.90 Å². The summed E-state index contributed by atoms with van der Waals surface area (Å²) in [6.07, 6.45) is 0.667. The lowest BCUT2D eigenvalue weighted by Crippen LogP contribution is -2.49. The molecule has 2 aliphatic heterocycles. The predicted octanol–water partition coefficient (Wildman–Crippen LogP) is 3.17. The number of benzene rings is 2. The van der Waals surface area contributed by atoms with E-state index in [1.165, 1.54) is 10.5 Å². The number of hydrogen-bond acceptors (Lipinski definition) is 4. The highest BCUT2D eigenvalue weighted by atomic mass is 32.2. The molecule has 0 bridgehead atoms. The Balaban J connectivity index is 1.65. The molecule has 0 saturated carbocycles. The fourth-order valence-electron chi connectivity index (χ4n) is 3.94. The first-order valence-corrected chi connectivity index (χ1v) is 10.0. The van der Waals surface area contributed by atoms with Gasteiger partial charge in [-0.05, 0) is 17.2 Å². The van der Waals surface area contributed by atoms with Crippen LogP contribution in [0.3, 0.4) is 0 Å². The third-order valence-corrected chi connectivity index (χ3v) is 6.60. The molecule has 0 aromatic heterocycles. The van der Waals surface area contributed by atoms with Gasteiger partial charge in [0.15, 0.2) is 0 Å². The summed E-state index contributed by atoms with van der Waals surface area (Å²) in [5, 5.41) is 11.9. The van der Waals surface area contributed by atoms with E-state index in [1.807, 2.05) is 23.9 Å². The number of ether oxygens (including phenoxy) is 1. The van der Waals surface area contributed by atoms with Crippen molar-refractivity contribution in [2.24, 2.45) is 5.92 Å². The van der Waals surface area contributed by atoms with E-state index in [9.17, 15) is 5.11 Å². The molecule has 2 atom stereocenters. The number of fused-ring (bicyclic) bond motifs is 1. The number of morpholine rings is 1. The fraction of sp³-hybridized carbons (Fsp3) is 0.429. The average molecular weight is 356 g/mol. The SMILES string of the molecule is OC1(Cc2ccccc2)c2ccccc2SCC1CN1CCOCC1. The maximum absolute atomic E-state index is 11.9. The van der Waals surface area contributed by atoms with Crippen molar-refractivity contribution in [3.8, 4) is 0 Å². The van der Waals surface area contributed by atoms with Crippen LogP contribution in [0, 0.1) is 5.92 Å². The average Bonchev–Trinajstić information content (AvgIpc) is 2.66. The molecule has 25 heavy (non-hydrogen) atoms. The van der Waals surface area contributed by atoms with Crippen LogP contribution < -0.4 is 0 Å². The highest BCUT2D eigenvalue weighted by Gasteiger charge is 2.43. The molecule has 4 rings (SSSR count). The largest absolute Gasteiger partial charge is 0.384 e. The van der Waals surface area contributed by atoms with E-state index in [0.717, 1.165) is 44.2 Å². The number of hydrogen-bond donors (Lipinski definition) is 1. The molecule has 2 aliphatic rings. The van der Waals surface area contributed by atoms with E-state index in [1.54, 1.807) is 0 Å². The minimum atomic E-state index is -0.818. The van der Waals surface area contributed by atoms with Crippen LogP contribution in [-0.2, 0) is 16.8 Å². The molecular weight excluding hydrogens is 330 g/mol. The molecule has 2 aromatic rings. The normalized spacial score (nSPS) is 27.0. The Morgan fingerprint density at radius 2 is 1.76 bits per heavy atom. The van der Waals surface area contributed by atoms with Gasteiger partial charge in [0.2, 0.25) is 0 Å². The first-order chi connectivity index (χ1) is 12.3. The lowest BCUT2D eigenvalue weighted by atomic mass is 9.77. The highest BCUT2D eigenvalue weighted by molar-refractivity contribution is 7.99. The minimum absolute atomic E-state index is 0.214. The van der Waals surface area contributed by atoms with Crippen LogP contribution in [0.4, 0.5) is 0 Å². The van der Waals surface area contributed by atoms with Gasteiger partial charge in [-0.25, -0.2) is 0 Å². The second kappa shape index (κ2) is 7.50. The van der Waals surface area contributed by atoms with Crippen LogP contribution in [-0.4, -0.2) is 48.6 Å². The Bertz CT molecular complexity index is 702. The predicted molar refractivity (Wildman–Crippen MR) is 102 cm³/mol. The zero-order valence-electron chi connectivity index (χ0n) is 14.4. The van der Waals surface area contributed by atoms with Crippen molar-refractivity contribution in [2.45, 2.75) is 16.9 Å². The van der Waals surface area contributed by atoms with Gasteiger partial charge >= 0.3 is 0 Å². The maximum Gasteiger partial charge on any atom is 0.0995 e. The summed E-state index contributed by atoms with van der Waals surface area (Å²) in [5.41, 5.74) is 1.47. The van der Waals surface area contributed by atoms with Crippen molar-refractivity contribution in [3.05, 3.63) is 65.7 Å². The summed E-state index contributed by atoms with van der Waals surface area (Å²) in [7, 11) is 0. The molecule has 1 saturated heterocycles. The molecule has 2 aromatic carbocycles. The molecule has 2 unspecified atom stereocenters. The summed E-state index contributed by atoms with van der Waals surface area (Å²) in [6.45, 7) is 4.45. The molecule has 0 spiro atoms. The van der Waals surface area contributed by atoms with E-state index in [-0.39, 0.29) is 5.92 Å². The summed E-state index contributed by atoms with van der Waals surface area (Å²) in [5.74, 6) is 1.17. The molecule has 0 radical (unpaired) electrons. The van der Waals surface area contributed by atoms with E-state index in [0.29, 0.717) is 6.42 Å². The van der Waals surface area contributed by atoms with Crippen molar-refractivity contribution in [2.75, 3.05) is 38.6 Å². The molecule has 1 fully saturated rings. The molecule has 1 N–H and O–H groups in total. The van der Waals surface area contributed by atoms with Gasteiger partial charge in [0.25, 0.3) is 0 Å². The second-order valence-electron chi connectivity index (χ2n) is 7.00. The second-order valence-corrected chi connectivity index (χ2v) is 8.07.